The average molecular weight is 458 g/mol. The number of nitrogens with one attached hydrogen (secondary N) is 1. The number of hydrogen-bond donors (Lipinski definition) is 2. The minimum atomic E-state index is -1.04. The standard InChI is InChI=1S/C21H35N3O6S/c1-8-13(23(7)19(29)30-20(2,3)4)16(25)22-12-9-10-31-14-11-21(5,6)15(18(27)28)24(14)17(12)26/h12-15H,8-11H2,1-7H3,(H,22,25)(H,27,28)/t12-,13-,14-,15+/m0/s1. The van der Waals surface area contributed by atoms with E-state index in [1.807, 2.05) is 13.8 Å². The van der Waals surface area contributed by atoms with Gasteiger partial charge in [-0.2, -0.15) is 0 Å². The van der Waals surface area contributed by atoms with Crippen LogP contribution in [-0.4, -0.2) is 80.7 Å². The minimum absolute atomic E-state index is 0.225. The van der Waals surface area contributed by atoms with Crippen LogP contribution in [0.25, 0.3) is 0 Å². The van der Waals surface area contributed by atoms with E-state index in [-0.39, 0.29) is 11.3 Å². The van der Waals surface area contributed by atoms with Crippen LogP contribution in [0.1, 0.15) is 60.8 Å². The molecule has 176 valence electrons. The topological polar surface area (TPSA) is 116 Å². The largest absolute Gasteiger partial charge is 0.480 e. The molecular formula is C21H35N3O6S. The van der Waals surface area contributed by atoms with Crippen LogP contribution in [0, 0.1) is 5.41 Å². The van der Waals surface area contributed by atoms with E-state index in [1.165, 1.54) is 16.8 Å². The summed E-state index contributed by atoms with van der Waals surface area (Å²) in [5, 5.41) is 12.3. The first-order valence-electron chi connectivity index (χ1n) is 10.6. The molecule has 0 aromatic carbocycles. The molecule has 0 unspecified atom stereocenters. The fourth-order valence-electron chi connectivity index (χ4n) is 4.19. The number of nitrogens with zero attached hydrogens (tertiary/aromatic N) is 2. The highest BCUT2D eigenvalue weighted by atomic mass is 32.2. The Morgan fingerprint density at radius 1 is 1.35 bits per heavy atom. The summed E-state index contributed by atoms with van der Waals surface area (Å²) in [4.78, 5) is 53.3. The predicted molar refractivity (Wildman–Crippen MR) is 118 cm³/mol. The lowest BCUT2D eigenvalue weighted by molar-refractivity contribution is -0.152. The Hall–Kier alpha value is -1.97. The van der Waals surface area contributed by atoms with Crippen molar-refractivity contribution in [2.24, 2.45) is 5.41 Å². The molecule has 0 spiro atoms. The molecule has 0 aliphatic carbocycles. The van der Waals surface area contributed by atoms with Gasteiger partial charge in [0.2, 0.25) is 11.8 Å². The molecule has 0 radical (unpaired) electrons. The van der Waals surface area contributed by atoms with Crippen molar-refractivity contribution in [1.29, 1.82) is 0 Å². The first kappa shape index (κ1) is 25.3. The number of carbonyl (C=O) groups excluding carboxylic acids is 3. The second-order valence-corrected chi connectivity index (χ2v) is 11.2. The Bertz CT molecular complexity index is 735. The van der Waals surface area contributed by atoms with Crippen LogP contribution in [0.4, 0.5) is 4.79 Å². The zero-order chi connectivity index (χ0) is 23.7. The van der Waals surface area contributed by atoms with Gasteiger partial charge in [-0.15, -0.1) is 11.8 Å². The lowest BCUT2D eigenvalue weighted by Crippen LogP contribution is -2.57. The van der Waals surface area contributed by atoms with Crippen molar-refractivity contribution < 1.29 is 29.0 Å². The maximum atomic E-state index is 13.3. The van der Waals surface area contributed by atoms with Crippen molar-refractivity contribution in [2.75, 3.05) is 12.8 Å². The molecule has 10 heteroatoms. The summed E-state index contributed by atoms with van der Waals surface area (Å²) in [5.41, 5.74) is -1.26. The van der Waals surface area contributed by atoms with Crippen molar-refractivity contribution in [3.05, 3.63) is 0 Å². The number of thioether (sulfide) groups is 1. The Morgan fingerprint density at radius 3 is 2.48 bits per heavy atom. The van der Waals surface area contributed by atoms with Crippen molar-refractivity contribution in [1.82, 2.24) is 15.1 Å². The molecule has 4 atom stereocenters. The number of ether oxygens (including phenoxy) is 1. The third-order valence-corrected chi connectivity index (χ3v) is 6.94. The number of carboxylic acids is 1. The fraction of sp³-hybridized carbons (Fsp3) is 0.810. The Morgan fingerprint density at radius 2 is 1.97 bits per heavy atom. The number of carbonyl (C=O) groups is 4. The van der Waals surface area contributed by atoms with E-state index in [0.717, 1.165) is 0 Å². The molecule has 2 aliphatic heterocycles. The van der Waals surface area contributed by atoms with Gasteiger partial charge < -0.3 is 20.1 Å². The molecule has 31 heavy (non-hydrogen) atoms. The number of likely N-dealkylation sites (N-methyl/N-ethyl adjacent to an activating group) is 1. The maximum Gasteiger partial charge on any atom is 0.410 e. The van der Waals surface area contributed by atoms with Crippen LogP contribution in [-0.2, 0) is 19.1 Å². The van der Waals surface area contributed by atoms with E-state index in [0.29, 0.717) is 25.0 Å². The molecule has 2 N–H and O–H groups in total. The molecule has 2 rings (SSSR count). The lowest BCUT2D eigenvalue weighted by Gasteiger charge is -2.33. The molecule has 2 aliphatic rings. The molecule has 0 aromatic heterocycles. The van der Waals surface area contributed by atoms with Gasteiger partial charge in [-0.05, 0) is 51.2 Å². The number of fused-ring (bicyclic) bond motifs is 1. The Labute approximate surface area is 188 Å². The quantitative estimate of drug-likeness (QED) is 0.651. The second kappa shape index (κ2) is 9.26. The predicted octanol–water partition coefficient (Wildman–Crippen LogP) is 2.29. The smallest absolute Gasteiger partial charge is 0.410 e. The van der Waals surface area contributed by atoms with Gasteiger partial charge in [0.25, 0.3) is 0 Å². The van der Waals surface area contributed by atoms with E-state index in [4.69, 9.17) is 4.74 Å². The normalized spacial score (nSPS) is 26.5. The van der Waals surface area contributed by atoms with E-state index in [2.05, 4.69) is 5.32 Å². The number of hydrogen-bond acceptors (Lipinski definition) is 6. The molecule has 2 saturated heterocycles. The highest BCUT2D eigenvalue weighted by molar-refractivity contribution is 7.99. The van der Waals surface area contributed by atoms with Gasteiger partial charge in [0, 0.05) is 7.05 Å². The third-order valence-electron chi connectivity index (χ3n) is 5.69. The van der Waals surface area contributed by atoms with Crippen LogP contribution in [0.15, 0.2) is 0 Å². The highest BCUT2D eigenvalue weighted by Gasteiger charge is 2.54. The van der Waals surface area contributed by atoms with Gasteiger partial charge in [-0.3, -0.25) is 14.5 Å². The van der Waals surface area contributed by atoms with Crippen LogP contribution < -0.4 is 5.32 Å². The van der Waals surface area contributed by atoms with Gasteiger partial charge in [-0.25, -0.2) is 9.59 Å². The fourth-order valence-corrected chi connectivity index (χ4v) is 5.77. The molecule has 3 amide bonds. The van der Waals surface area contributed by atoms with E-state index in [1.54, 1.807) is 39.5 Å². The van der Waals surface area contributed by atoms with E-state index >= 15 is 0 Å². The molecule has 2 heterocycles. The summed E-state index contributed by atoms with van der Waals surface area (Å²) in [5.74, 6) is -1.25. The molecule has 2 fully saturated rings. The lowest BCUT2D eigenvalue weighted by atomic mass is 9.84. The number of rotatable bonds is 5. The van der Waals surface area contributed by atoms with Gasteiger partial charge in [0.15, 0.2) is 0 Å². The highest BCUT2D eigenvalue weighted by Crippen LogP contribution is 2.46. The molecule has 0 bridgehead atoms. The van der Waals surface area contributed by atoms with Gasteiger partial charge in [0.1, 0.15) is 23.7 Å². The van der Waals surface area contributed by atoms with E-state index in [9.17, 15) is 24.3 Å². The van der Waals surface area contributed by atoms with Crippen molar-refractivity contribution in [2.45, 2.75) is 89.9 Å². The number of amides is 3. The zero-order valence-electron chi connectivity index (χ0n) is 19.4. The summed E-state index contributed by atoms with van der Waals surface area (Å²) in [6, 6.07) is -2.58. The number of carboxylic acid groups (broad SMARTS) is 1. The number of aliphatic carboxylic acids is 1. The van der Waals surface area contributed by atoms with E-state index < -0.39 is 47.1 Å². The van der Waals surface area contributed by atoms with Crippen molar-refractivity contribution >= 4 is 35.6 Å². The second-order valence-electron chi connectivity index (χ2n) is 9.87. The molecule has 0 saturated carbocycles. The van der Waals surface area contributed by atoms with Crippen molar-refractivity contribution in [3.8, 4) is 0 Å². The molecular weight excluding hydrogens is 422 g/mol. The summed E-state index contributed by atoms with van der Waals surface area (Å²) in [7, 11) is 1.49. The summed E-state index contributed by atoms with van der Waals surface area (Å²) in [6.45, 7) is 10.7. The summed E-state index contributed by atoms with van der Waals surface area (Å²) >= 11 is 1.55. The average Bonchev–Trinajstić information content (AvgIpc) is 2.81. The third kappa shape index (κ3) is 5.64. The molecule has 0 aromatic rings. The van der Waals surface area contributed by atoms with Crippen LogP contribution in [0.5, 0.6) is 0 Å². The van der Waals surface area contributed by atoms with Crippen molar-refractivity contribution in [3.63, 3.8) is 0 Å². The monoisotopic (exact) mass is 457 g/mol. The minimum Gasteiger partial charge on any atom is -0.480 e. The zero-order valence-corrected chi connectivity index (χ0v) is 20.2. The first-order chi connectivity index (χ1) is 14.2. The van der Waals surface area contributed by atoms with Crippen LogP contribution >= 0.6 is 11.8 Å². The maximum absolute atomic E-state index is 13.3. The van der Waals surface area contributed by atoms with Gasteiger partial charge in [0.05, 0.1) is 5.37 Å². The van der Waals surface area contributed by atoms with Gasteiger partial charge in [-0.1, -0.05) is 20.8 Å². The Kier molecular flexibility index (Phi) is 7.55. The Balaban J connectivity index is 2.17. The summed E-state index contributed by atoms with van der Waals surface area (Å²) < 4.78 is 5.35. The van der Waals surface area contributed by atoms with Crippen LogP contribution in [0.2, 0.25) is 0 Å². The SMILES string of the molecule is CC[C@@H](C(=O)N[C@H]1CCS[C@H]2CC(C)(C)[C@@H](C(=O)O)N2C1=O)N(C)C(=O)OC(C)(C)C. The molecule has 9 nitrogen and oxygen atoms in total. The van der Waals surface area contributed by atoms with Gasteiger partial charge >= 0.3 is 12.1 Å². The summed E-state index contributed by atoms with van der Waals surface area (Å²) in [6.07, 6.45) is 0.709. The first-order valence-corrected chi connectivity index (χ1v) is 11.7. The van der Waals surface area contributed by atoms with Crippen LogP contribution in [0.3, 0.4) is 0 Å².